The molecule has 0 bridgehead atoms. The van der Waals surface area contributed by atoms with E-state index in [-0.39, 0.29) is 16.6 Å². The van der Waals surface area contributed by atoms with E-state index in [2.05, 4.69) is 15.4 Å². The third-order valence-corrected chi connectivity index (χ3v) is 4.62. The summed E-state index contributed by atoms with van der Waals surface area (Å²) < 4.78 is 1.40. The Labute approximate surface area is 138 Å². The number of aryl methyl sites for hydroxylation is 1. The average molecular weight is 355 g/mol. The molecule has 0 radical (unpaired) electrons. The lowest BCUT2D eigenvalue weighted by Crippen LogP contribution is -2.14. The zero-order valence-electron chi connectivity index (χ0n) is 11.1. The molecule has 2 heterocycles. The molecule has 0 atom stereocenters. The lowest BCUT2D eigenvalue weighted by atomic mass is 10.3. The fraction of sp³-hybridized carbons (Fsp3) is 0.0769. The smallest absolute Gasteiger partial charge is 0.295 e. The van der Waals surface area contributed by atoms with Gasteiger partial charge in [-0.2, -0.15) is 10.1 Å². The van der Waals surface area contributed by atoms with Crippen LogP contribution < -0.4 is 10.9 Å². The average Bonchev–Trinajstić information content (AvgIpc) is 2.87. The van der Waals surface area contributed by atoms with E-state index >= 15 is 0 Å². The molecule has 0 fully saturated rings. The van der Waals surface area contributed by atoms with Crippen molar-refractivity contribution in [3.63, 3.8) is 0 Å². The minimum atomic E-state index is -0.410. The highest BCUT2D eigenvalue weighted by molar-refractivity contribution is 7.18. The van der Waals surface area contributed by atoms with Crippen molar-refractivity contribution in [1.29, 1.82) is 0 Å². The van der Waals surface area contributed by atoms with Gasteiger partial charge in [-0.3, -0.25) is 9.59 Å². The molecule has 0 spiro atoms. The van der Waals surface area contributed by atoms with Crippen LogP contribution in [0.5, 0.6) is 0 Å². The summed E-state index contributed by atoms with van der Waals surface area (Å²) in [5.74, 6) is -0.383. The van der Waals surface area contributed by atoms with Crippen molar-refractivity contribution in [3.8, 4) is 0 Å². The number of carbonyl (C=O) groups is 1. The Bertz CT molecular complexity index is 951. The van der Waals surface area contributed by atoms with Crippen LogP contribution in [0.15, 0.2) is 29.2 Å². The van der Waals surface area contributed by atoms with Crippen LogP contribution in [0.4, 0.5) is 5.69 Å². The number of nitrogens with one attached hydrogen (secondary N) is 1. The van der Waals surface area contributed by atoms with Gasteiger partial charge in [0.1, 0.15) is 10.6 Å². The fourth-order valence-corrected chi connectivity index (χ4v) is 2.90. The van der Waals surface area contributed by atoms with Gasteiger partial charge in [0.05, 0.1) is 21.9 Å². The predicted molar refractivity (Wildman–Crippen MR) is 86.3 cm³/mol. The van der Waals surface area contributed by atoms with Gasteiger partial charge in [-0.05, 0) is 19.1 Å². The standard InChI is InChI=1S/C13H8Cl2N4O2S/c1-6-11(20)17-13-19(18-6)5-9(22-13)12(21)16-8-4-2-3-7(14)10(8)15/h2-5H,1H3,(H,16,21). The summed E-state index contributed by atoms with van der Waals surface area (Å²) in [6, 6.07) is 4.95. The molecule has 0 unspecified atom stereocenters. The summed E-state index contributed by atoms with van der Waals surface area (Å²) in [6.45, 7) is 1.56. The number of benzene rings is 1. The summed E-state index contributed by atoms with van der Waals surface area (Å²) in [7, 11) is 0. The second-order valence-electron chi connectivity index (χ2n) is 4.38. The van der Waals surface area contributed by atoms with Crippen LogP contribution in [-0.2, 0) is 0 Å². The molecule has 1 aromatic carbocycles. The molecule has 1 amide bonds. The van der Waals surface area contributed by atoms with Gasteiger partial charge in [0.2, 0.25) is 4.96 Å². The molecule has 9 heteroatoms. The number of hydrogen-bond acceptors (Lipinski definition) is 5. The number of anilines is 1. The van der Waals surface area contributed by atoms with Gasteiger partial charge in [0.15, 0.2) is 0 Å². The third kappa shape index (κ3) is 2.70. The molecule has 2 aromatic heterocycles. The molecule has 0 saturated carbocycles. The van der Waals surface area contributed by atoms with E-state index in [0.717, 1.165) is 11.3 Å². The van der Waals surface area contributed by atoms with Crippen molar-refractivity contribution in [2.45, 2.75) is 6.92 Å². The van der Waals surface area contributed by atoms with Crippen LogP contribution in [0.1, 0.15) is 15.4 Å². The SMILES string of the molecule is Cc1nn2cc(C(=O)Nc3cccc(Cl)c3Cl)sc2nc1=O. The number of amides is 1. The Morgan fingerprint density at radius 2 is 2.14 bits per heavy atom. The maximum atomic E-state index is 12.3. The molecular formula is C13H8Cl2N4O2S. The van der Waals surface area contributed by atoms with Crippen molar-refractivity contribution < 1.29 is 4.79 Å². The van der Waals surface area contributed by atoms with Crippen LogP contribution in [0.3, 0.4) is 0 Å². The van der Waals surface area contributed by atoms with Gasteiger partial charge < -0.3 is 5.32 Å². The zero-order valence-corrected chi connectivity index (χ0v) is 13.5. The van der Waals surface area contributed by atoms with Gasteiger partial charge in [-0.15, -0.1) is 0 Å². The molecule has 0 saturated heterocycles. The highest BCUT2D eigenvalue weighted by atomic mass is 35.5. The number of carbonyl (C=O) groups excluding carboxylic acids is 1. The lowest BCUT2D eigenvalue weighted by Gasteiger charge is -2.06. The normalized spacial score (nSPS) is 10.9. The van der Waals surface area contributed by atoms with Gasteiger partial charge in [-0.1, -0.05) is 40.6 Å². The third-order valence-electron chi connectivity index (χ3n) is 2.82. The monoisotopic (exact) mass is 354 g/mol. The molecular weight excluding hydrogens is 347 g/mol. The van der Waals surface area contributed by atoms with Crippen molar-refractivity contribution >= 4 is 51.1 Å². The Morgan fingerprint density at radius 1 is 1.36 bits per heavy atom. The number of fused-ring (bicyclic) bond motifs is 1. The van der Waals surface area contributed by atoms with E-state index in [9.17, 15) is 9.59 Å². The number of rotatable bonds is 2. The lowest BCUT2D eigenvalue weighted by molar-refractivity contribution is 0.103. The van der Waals surface area contributed by atoms with E-state index in [4.69, 9.17) is 23.2 Å². The second-order valence-corrected chi connectivity index (χ2v) is 6.17. The van der Waals surface area contributed by atoms with Gasteiger partial charge in [0.25, 0.3) is 11.5 Å². The summed E-state index contributed by atoms with van der Waals surface area (Å²) in [4.78, 5) is 28.3. The fourth-order valence-electron chi connectivity index (χ4n) is 1.74. The topological polar surface area (TPSA) is 76.4 Å². The van der Waals surface area contributed by atoms with Crippen LogP contribution in [0, 0.1) is 6.92 Å². The predicted octanol–water partition coefficient (Wildman–Crippen LogP) is 3.02. The first-order valence-electron chi connectivity index (χ1n) is 6.08. The maximum Gasteiger partial charge on any atom is 0.295 e. The molecule has 3 aromatic rings. The van der Waals surface area contributed by atoms with Crippen molar-refractivity contribution in [1.82, 2.24) is 14.6 Å². The number of aromatic nitrogens is 3. The van der Waals surface area contributed by atoms with E-state index < -0.39 is 5.56 Å². The molecule has 0 aliphatic rings. The van der Waals surface area contributed by atoms with E-state index in [0.29, 0.717) is 20.5 Å². The number of hydrogen-bond donors (Lipinski definition) is 1. The van der Waals surface area contributed by atoms with Crippen molar-refractivity contribution in [2.75, 3.05) is 5.32 Å². The highest BCUT2D eigenvalue weighted by Gasteiger charge is 2.15. The summed E-state index contributed by atoms with van der Waals surface area (Å²) in [5, 5.41) is 7.32. The van der Waals surface area contributed by atoms with E-state index in [1.165, 1.54) is 10.7 Å². The molecule has 112 valence electrons. The quantitative estimate of drug-likeness (QED) is 0.767. The minimum absolute atomic E-state index is 0.264. The molecule has 0 aliphatic heterocycles. The van der Waals surface area contributed by atoms with Crippen LogP contribution >= 0.6 is 34.5 Å². The molecule has 1 N–H and O–H groups in total. The summed E-state index contributed by atoms with van der Waals surface area (Å²) >= 11 is 13.0. The largest absolute Gasteiger partial charge is 0.320 e. The van der Waals surface area contributed by atoms with E-state index in [1.807, 2.05) is 0 Å². The van der Waals surface area contributed by atoms with Gasteiger partial charge in [-0.25, -0.2) is 4.52 Å². The van der Waals surface area contributed by atoms with Gasteiger partial charge in [0, 0.05) is 0 Å². The van der Waals surface area contributed by atoms with E-state index in [1.54, 1.807) is 25.1 Å². The first kappa shape index (κ1) is 15.0. The second kappa shape index (κ2) is 5.68. The molecule has 6 nitrogen and oxygen atoms in total. The Kier molecular flexibility index (Phi) is 3.86. The Balaban J connectivity index is 1.95. The van der Waals surface area contributed by atoms with Crippen molar-refractivity contribution in [3.05, 3.63) is 55.4 Å². The number of nitrogens with zero attached hydrogens (tertiary/aromatic N) is 3. The van der Waals surface area contributed by atoms with Crippen LogP contribution in [-0.4, -0.2) is 20.5 Å². The zero-order chi connectivity index (χ0) is 15.9. The molecule has 22 heavy (non-hydrogen) atoms. The molecule has 3 rings (SSSR count). The number of halogens is 2. The first-order valence-corrected chi connectivity index (χ1v) is 7.65. The Hall–Kier alpha value is -1.96. The summed E-state index contributed by atoms with van der Waals surface area (Å²) in [5.41, 5.74) is 0.259. The van der Waals surface area contributed by atoms with Crippen molar-refractivity contribution in [2.24, 2.45) is 0 Å². The molecule has 0 aliphatic carbocycles. The minimum Gasteiger partial charge on any atom is -0.320 e. The summed E-state index contributed by atoms with van der Waals surface area (Å²) in [6.07, 6.45) is 1.51. The Morgan fingerprint density at radius 3 is 2.91 bits per heavy atom. The van der Waals surface area contributed by atoms with Crippen LogP contribution in [0.25, 0.3) is 4.96 Å². The van der Waals surface area contributed by atoms with Crippen LogP contribution in [0.2, 0.25) is 10.0 Å². The maximum absolute atomic E-state index is 12.3. The first-order chi connectivity index (χ1) is 10.5. The number of thiazole rings is 1. The highest BCUT2D eigenvalue weighted by Crippen LogP contribution is 2.30. The van der Waals surface area contributed by atoms with Gasteiger partial charge >= 0.3 is 0 Å².